The van der Waals surface area contributed by atoms with Crippen LogP contribution >= 0.6 is 0 Å². The fourth-order valence-corrected chi connectivity index (χ4v) is 1.52. The van der Waals surface area contributed by atoms with Crippen molar-refractivity contribution in [3.63, 3.8) is 0 Å². The van der Waals surface area contributed by atoms with E-state index in [4.69, 9.17) is 4.74 Å². The summed E-state index contributed by atoms with van der Waals surface area (Å²) < 4.78 is 18.7. The number of ether oxygens (including phenoxy) is 1. The molecule has 0 spiro atoms. The predicted octanol–water partition coefficient (Wildman–Crippen LogP) is 2.91. The number of hydrogen-bond acceptors (Lipinski definition) is 4. The van der Waals surface area contributed by atoms with E-state index in [0.717, 1.165) is 18.7 Å². The zero-order valence-electron chi connectivity index (χ0n) is 10.8. The Balaban J connectivity index is 1.97. The SMILES string of the molecule is CCCNCc1cnc(Oc2ccccc2F)cn1. The molecule has 0 unspecified atom stereocenters. The minimum Gasteiger partial charge on any atom is -0.434 e. The molecule has 1 heterocycles. The monoisotopic (exact) mass is 261 g/mol. The Morgan fingerprint density at radius 3 is 2.74 bits per heavy atom. The lowest BCUT2D eigenvalue weighted by atomic mass is 10.3. The van der Waals surface area contributed by atoms with Crippen molar-refractivity contribution in [2.45, 2.75) is 19.9 Å². The second kappa shape index (κ2) is 6.80. The average Bonchev–Trinajstić information content (AvgIpc) is 2.44. The van der Waals surface area contributed by atoms with Crippen LogP contribution in [0, 0.1) is 5.82 Å². The van der Waals surface area contributed by atoms with E-state index in [-0.39, 0.29) is 11.6 Å². The van der Waals surface area contributed by atoms with Crippen LogP contribution in [0.5, 0.6) is 11.6 Å². The molecule has 19 heavy (non-hydrogen) atoms. The molecule has 100 valence electrons. The summed E-state index contributed by atoms with van der Waals surface area (Å²) in [5, 5.41) is 3.23. The highest BCUT2D eigenvalue weighted by Crippen LogP contribution is 2.21. The molecule has 0 fully saturated rings. The van der Waals surface area contributed by atoms with Crippen molar-refractivity contribution < 1.29 is 9.13 Å². The van der Waals surface area contributed by atoms with Crippen LogP contribution in [0.2, 0.25) is 0 Å². The molecule has 0 amide bonds. The van der Waals surface area contributed by atoms with Crippen LogP contribution in [0.4, 0.5) is 4.39 Å². The third-order valence-corrected chi connectivity index (χ3v) is 2.47. The number of rotatable bonds is 6. The molecule has 1 N–H and O–H groups in total. The van der Waals surface area contributed by atoms with Gasteiger partial charge in [-0.25, -0.2) is 9.37 Å². The Hall–Kier alpha value is -2.01. The number of nitrogens with one attached hydrogen (secondary N) is 1. The highest BCUT2D eigenvalue weighted by Gasteiger charge is 2.04. The molecule has 0 radical (unpaired) electrons. The molecule has 0 aliphatic rings. The average molecular weight is 261 g/mol. The maximum atomic E-state index is 13.4. The van der Waals surface area contributed by atoms with E-state index in [1.165, 1.54) is 12.3 Å². The number of nitrogens with zero attached hydrogens (tertiary/aromatic N) is 2. The molecule has 2 rings (SSSR count). The van der Waals surface area contributed by atoms with Gasteiger partial charge in [0, 0.05) is 6.54 Å². The molecule has 2 aromatic rings. The highest BCUT2D eigenvalue weighted by molar-refractivity contribution is 5.27. The van der Waals surface area contributed by atoms with Crippen molar-refractivity contribution >= 4 is 0 Å². The second-order valence-corrected chi connectivity index (χ2v) is 4.06. The fraction of sp³-hybridized carbons (Fsp3) is 0.286. The predicted molar refractivity (Wildman–Crippen MR) is 70.5 cm³/mol. The van der Waals surface area contributed by atoms with Crippen LogP contribution in [-0.4, -0.2) is 16.5 Å². The molecule has 0 aliphatic heterocycles. The highest BCUT2D eigenvalue weighted by atomic mass is 19.1. The quantitative estimate of drug-likeness (QED) is 0.812. The van der Waals surface area contributed by atoms with Gasteiger partial charge in [0.15, 0.2) is 11.6 Å². The van der Waals surface area contributed by atoms with E-state index in [9.17, 15) is 4.39 Å². The van der Waals surface area contributed by atoms with Crippen LogP contribution < -0.4 is 10.1 Å². The van der Waals surface area contributed by atoms with Crippen LogP contribution in [0.25, 0.3) is 0 Å². The summed E-state index contributed by atoms with van der Waals surface area (Å²) in [5.41, 5.74) is 0.828. The van der Waals surface area contributed by atoms with Gasteiger partial charge in [0.05, 0.1) is 18.1 Å². The van der Waals surface area contributed by atoms with Crippen LogP contribution in [0.1, 0.15) is 19.0 Å². The first-order valence-electron chi connectivity index (χ1n) is 6.23. The molecule has 1 aromatic heterocycles. The first-order valence-corrected chi connectivity index (χ1v) is 6.23. The van der Waals surface area contributed by atoms with E-state index in [2.05, 4.69) is 22.2 Å². The molecule has 0 aliphatic carbocycles. The lowest BCUT2D eigenvalue weighted by Gasteiger charge is -2.06. The molecule has 0 bridgehead atoms. The summed E-state index contributed by atoms with van der Waals surface area (Å²) in [6.07, 6.45) is 4.19. The third kappa shape index (κ3) is 3.99. The normalized spacial score (nSPS) is 10.4. The standard InChI is InChI=1S/C14H16FN3O/c1-2-7-16-8-11-9-18-14(10-17-11)19-13-6-4-3-5-12(13)15/h3-6,9-10,16H,2,7-8H2,1H3. The van der Waals surface area contributed by atoms with Gasteiger partial charge >= 0.3 is 0 Å². The molecule has 0 saturated heterocycles. The lowest BCUT2D eigenvalue weighted by Crippen LogP contribution is -2.14. The van der Waals surface area contributed by atoms with Crippen molar-refractivity contribution in [1.82, 2.24) is 15.3 Å². The number of hydrogen-bond donors (Lipinski definition) is 1. The molecular weight excluding hydrogens is 245 g/mol. The van der Waals surface area contributed by atoms with Crippen molar-refractivity contribution in [1.29, 1.82) is 0 Å². The van der Waals surface area contributed by atoms with Gasteiger partial charge in [-0.2, -0.15) is 0 Å². The number of halogens is 1. The summed E-state index contributed by atoms with van der Waals surface area (Å²) in [4.78, 5) is 8.31. The second-order valence-electron chi connectivity index (χ2n) is 4.06. The molecule has 5 heteroatoms. The van der Waals surface area contributed by atoms with Crippen LogP contribution in [0.15, 0.2) is 36.7 Å². The van der Waals surface area contributed by atoms with Crippen LogP contribution in [-0.2, 0) is 6.54 Å². The summed E-state index contributed by atoms with van der Waals surface area (Å²) in [6.45, 7) is 3.71. The van der Waals surface area contributed by atoms with Crippen molar-refractivity contribution in [3.05, 3.63) is 48.2 Å². The van der Waals surface area contributed by atoms with Gasteiger partial charge in [-0.3, -0.25) is 4.98 Å². The van der Waals surface area contributed by atoms with E-state index < -0.39 is 5.82 Å². The van der Waals surface area contributed by atoms with Crippen molar-refractivity contribution in [2.24, 2.45) is 0 Å². The lowest BCUT2D eigenvalue weighted by molar-refractivity contribution is 0.424. The van der Waals surface area contributed by atoms with Gasteiger partial charge in [-0.1, -0.05) is 19.1 Å². The summed E-state index contributed by atoms with van der Waals surface area (Å²) in [7, 11) is 0. The third-order valence-electron chi connectivity index (χ3n) is 2.47. The largest absolute Gasteiger partial charge is 0.434 e. The number of benzene rings is 1. The Bertz CT molecular complexity index is 516. The number of aromatic nitrogens is 2. The minimum atomic E-state index is -0.419. The van der Waals surface area contributed by atoms with Gasteiger partial charge in [0.1, 0.15) is 0 Å². The smallest absolute Gasteiger partial charge is 0.237 e. The van der Waals surface area contributed by atoms with E-state index in [0.29, 0.717) is 6.54 Å². The van der Waals surface area contributed by atoms with E-state index in [1.54, 1.807) is 24.4 Å². The van der Waals surface area contributed by atoms with Gasteiger partial charge in [0.2, 0.25) is 5.88 Å². The zero-order valence-corrected chi connectivity index (χ0v) is 10.8. The molecule has 0 saturated carbocycles. The van der Waals surface area contributed by atoms with Gasteiger partial charge in [-0.15, -0.1) is 0 Å². The van der Waals surface area contributed by atoms with Gasteiger partial charge in [0.25, 0.3) is 0 Å². The maximum absolute atomic E-state index is 13.4. The first-order chi connectivity index (χ1) is 9.29. The van der Waals surface area contributed by atoms with Gasteiger partial charge < -0.3 is 10.1 Å². The van der Waals surface area contributed by atoms with E-state index >= 15 is 0 Å². The molecule has 4 nitrogen and oxygen atoms in total. The molecule has 1 aromatic carbocycles. The molecule has 0 atom stereocenters. The van der Waals surface area contributed by atoms with Crippen molar-refractivity contribution in [2.75, 3.05) is 6.54 Å². The van der Waals surface area contributed by atoms with Crippen molar-refractivity contribution in [3.8, 4) is 11.6 Å². The summed E-state index contributed by atoms with van der Waals surface area (Å²) >= 11 is 0. The Labute approximate surface area is 111 Å². The summed E-state index contributed by atoms with van der Waals surface area (Å²) in [6, 6.07) is 6.20. The Morgan fingerprint density at radius 1 is 1.21 bits per heavy atom. The Kier molecular flexibility index (Phi) is 4.80. The maximum Gasteiger partial charge on any atom is 0.237 e. The summed E-state index contributed by atoms with van der Waals surface area (Å²) in [5.74, 6) is 0.0102. The first kappa shape index (κ1) is 13.4. The zero-order chi connectivity index (χ0) is 13.5. The molecular formula is C14H16FN3O. The topological polar surface area (TPSA) is 47.0 Å². The van der Waals surface area contributed by atoms with Gasteiger partial charge in [-0.05, 0) is 25.1 Å². The fourth-order valence-electron chi connectivity index (χ4n) is 1.52. The van der Waals surface area contributed by atoms with Crippen LogP contribution in [0.3, 0.4) is 0 Å². The van der Waals surface area contributed by atoms with E-state index in [1.807, 2.05) is 0 Å². The Morgan fingerprint density at radius 2 is 2.05 bits per heavy atom. The number of para-hydroxylation sites is 1. The minimum absolute atomic E-state index is 0.147.